The third-order valence-electron chi connectivity index (χ3n) is 7.84. The van der Waals surface area contributed by atoms with Gasteiger partial charge in [-0.25, -0.2) is 8.42 Å². The summed E-state index contributed by atoms with van der Waals surface area (Å²) in [4.78, 5) is 18.5. The number of fused-ring (bicyclic) bond motifs is 1. The van der Waals surface area contributed by atoms with Gasteiger partial charge in [-0.15, -0.1) is 0 Å². The molecule has 1 atom stereocenters. The van der Waals surface area contributed by atoms with Gasteiger partial charge in [0.25, 0.3) is 15.9 Å². The molecule has 0 aliphatic carbocycles. The van der Waals surface area contributed by atoms with Crippen LogP contribution in [0.1, 0.15) is 45.7 Å². The molecule has 228 valence electrons. The molecule has 1 N–H and O–H groups in total. The van der Waals surface area contributed by atoms with Crippen LogP contribution in [0.25, 0.3) is 0 Å². The number of hydrogen-bond donors (Lipinski definition) is 1. The number of hydrogen-bond acceptors (Lipinski definition) is 5. The summed E-state index contributed by atoms with van der Waals surface area (Å²) in [6, 6.07) is 37.6. The molecule has 45 heavy (non-hydrogen) atoms. The summed E-state index contributed by atoms with van der Waals surface area (Å²) >= 11 is 0. The molecular formula is C37H35N3O4S. The van der Waals surface area contributed by atoms with Crippen molar-refractivity contribution in [1.82, 2.24) is 0 Å². The quantitative estimate of drug-likeness (QED) is 0.182. The van der Waals surface area contributed by atoms with E-state index in [1.807, 2.05) is 81.4 Å². The van der Waals surface area contributed by atoms with E-state index in [-0.39, 0.29) is 10.8 Å². The van der Waals surface area contributed by atoms with Crippen LogP contribution in [-0.4, -0.2) is 20.9 Å². The SMILES string of the molecule is CCOc1ccc(NS(=O)(=O)c2ccc3c(c2)C(=O)N(c2ccc(C)cc2)[C@@H](c2cccc(C)c2)N3Cc2ccccc2)cc1. The highest BCUT2D eigenvalue weighted by Gasteiger charge is 2.40. The predicted molar refractivity (Wildman–Crippen MR) is 179 cm³/mol. The highest BCUT2D eigenvalue weighted by molar-refractivity contribution is 7.92. The summed E-state index contributed by atoms with van der Waals surface area (Å²) in [5.41, 5.74) is 6.27. The Balaban J connectivity index is 1.48. The molecule has 0 unspecified atom stereocenters. The first-order chi connectivity index (χ1) is 21.7. The lowest BCUT2D eigenvalue weighted by atomic mass is 9.98. The van der Waals surface area contributed by atoms with Crippen molar-refractivity contribution in [2.24, 2.45) is 0 Å². The molecule has 0 bridgehead atoms. The van der Waals surface area contributed by atoms with Gasteiger partial charge in [0.05, 0.1) is 22.8 Å². The Morgan fingerprint density at radius 1 is 0.778 bits per heavy atom. The van der Waals surface area contributed by atoms with E-state index in [2.05, 4.69) is 27.8 Å². The second kappa shape index (κ2) is 12.5. The van der Waals surface area contributed by atoms with E-state index in [0.29, 0.717) is 35.8 Å². The van der Waals surface area contributed by atoms with Crippen LogP contribution in [0.2, 0.25) is 0 Å². The van der Waals surface area contributed by atoms with Crippen LogP contribution >= 0.6 is 0 Å². The van der Waals surface area contributed by atoms with Crippen LogP contribution in [0.15, 0.2) is 126 Å². The number of amides is 1. The summed E-state index contributed by atoms with van der Waals surface area (Å²) in [5.74, 6) is 0.375. The molecule has 1 aliphatic rings. The summed E-state index contributed by atoms with van der Waals surface area (Å²) in [7, 11) is -4.01. The van der Waals surface area contributed by atoms with E-state index < -0.39 is 16.2 Å². The second-order valence-corrected chi connectivity index (χ2v) is 12.8. The van der Waals surface area contributed by atoms with Gasteiger partial charge < -0.3 is 9.64 Å². The number of carbonyl (C=O) groups excluding carboxylic acids is 1. The van der Waals surface area contributed by atoms with Crippen molar-refractivity contribution in [3.63, 3.8) is 0 Å². The molecule has 0 spiro atoms. The minimum absolute atomic E-state index is 0.000933. The average molecular weight is 618 g/mol. The number of nitrogens with zero attached hydrogens (tertiary/aromatic N) is 2. The number of nitrogens with one attached hydrogen (secondary N) is 1. The third-order valence-corrected chi connectivity index (χ3v) is 9.22. The number of carbonyl (C=O) groups is 1. The maximum absolute atomic E-state index is 14.6. The second-order valence-electron chi connectivity index (χ2n) is 11.2. The summed E-state index contributed by atoms with van der Waals surface area (Å²) < 4.78 is 35.3. The van der Waals surface area contributed by atoms with Crippen molar-refractivity contribution in [2.45, 2.75) is 38.4 Å². The molecular weight excluding hydrogens is 582 g/mol. The predicted octanol–water partition coefficient (Wildman–Crippen LogP) is 7.87. The lowest BCUT2D eigenvalue weighted by Gasteiger charge is -2.46. The van der Waals surface area contributed by atoms with E-state index in [4.69, 9.17) is 4.74 Å². The smallest absolute Gasteiger partial charge is 0.262 e. The maximum Gasteiger partial charge on any atom is 0.262 e. The normalized spacial score (nSPS) is 14.6. The highest BCUT2D eigenvalue weighted by atomic mass is 32.2. The van der Waals surface area contributed by atoms with E-state index in [1.165, 1.54) is 6.07 Å². The maximum atomic E-state index is 14.6. The van der Waals surface area contributed by atoms with Gasteiger partial charge in [-0.3, -0.25) is 14.4 Å². The Morgan fingerprint density at radius 3 is 2.20 bits per heavy atom. The molecule has 0 saturated heterocycles. The van der Waals surface area contributed by atoms with Crippen molar-refractivity contribution in [1.29, 1.82) is 0 Å². The molecule has 6 rings (SSSR count). The average Bonchev–Trinajstić information content (AvgIpc) is 3.04. The van der Waals surface area contributed by atoms with Crippen molar-refractivity contribution < 1.29 is 17.9 Å². The first-order valence-electron chi connectivity index (χ1n) is 14.9. The van der Waals surface area contributed by atoms with E-state index in [9.17, 15) is 13.2 Å². The molecule has 0 saturated carbocycles. The van der Waals surface area contributed by atoms with Crippen LogP contribution in [0.4, 0.5) is 17.1 Å². The first kappa shape index (κ1) is 30.0. The number of aryl methyl sites for hydroxylation is 2. The fourth-order valence-corrected chi connectivity index (χ4v) is 6.78. The topological polar surface area (TPSA) is 78.9 Å². The van der Waals surface area contributed by atoms with Crippen LogP contribution in [-0.2, 0) is 16.6 Å². The molecule has 0 fully saturated rings. The summed E-state index contributed by atoms with van der Waals surface area (Å²) in [5, 5.41) is 0. The zero-order valence-corrected chi connectivity index (χ0v) is 26.3. The Kier molecular flexibility index (Phi) is 8.32. The van der Waals surface area contributed by atoms with Crippen LogP contribution in [0, 0.1) is 13.8 Å². The molecule has 5 aromatic rings. The van der Waals surface area contributed by atoms with E-state index in [1.54, 1.807) is 41.3 Å². The Bertz CT molecular complexity index is 1930. The minimum Gasteiger partial charge on any atom is -0.494 e. The number of benzene rings is 5. The number of sulfonamides is 1. The summed E-state index contributed by atoms with van der Waals surface area (Å²) in [6.45, 7) is 6.94. The fourth-order valence-electron chi connectivity index (χ4n) is 5.69. The minimum atomic E-state index is -4.01. The summed E-state index contributed by atoms with van der Waals surface area (Å²) in [6.07, 6.45) is -0.475. The van der Waals surface area contributed by atoms with Gasteiger partial charge in [-0.2, -0.15) is 0 Å². The lowest BCUT2D eigenvalue weighted by Crippen LogP contribution is -2.49. The Hall–Kier alpha value is -5.08. The number of anilines is 3. The Morgan fingerprint density at radius 2 is 1.51 bits per heavy atom. The number of ether oxygens (including phenoxy) is 1. The molecule has 0 aromatic heterocycles. The van der Waals surface area contributed by atoms with Gasteiger partial charge in [-0.05, 0) is 86.5 Å². The van der Waals surface area contributed by atoms with Crippen LogP contribution in [0.3, 0.4) is 0 Å². The Labute approximate surface area is 264 Å². The van der Waals surface area contributed by atoms with Crippen molar-refractivity contribution in [3.05, 3.63) is 149 Å². The monoisotopic (exact) mass is 617 g/mol. The van der Waals surface area contributed by atoms with Gasteiger partial charge in [0.15, 0.2) is 0 Å². The zero-order chi connectivity index (χ0) is 31.6. The van der Waals surface area contributed by atoms with Crippen LogP contribution < -0.4 is 19.3 Å². The van der Waals surface area contributed by atoms with E-state index in [0.717, 1.165) is 27.9 Å². The van der Waals surface area contributed by atoms with Gasteiger partial charge >= 0.3 is 0 Å². The van der Waals surface area contributed by atoms with Gasteiger partial charge in [0, 0.05) is 17.9 Å². The molecule has 8 heteroatoms. The number of rotatable bonds is 9. The molecule has 0 radical (unpaired) electrons. The molecule has 1 heterocycles. The molecule has 1 aliphatic heterocycles. The van der Waals surface area contributed by atoms with Crippen molar-refractivity contribution >= 4 is 33.0 Å². The standard InChI is InChI=1S/C37H35N3O4S/c1-4-44-32-19-15-30(16-20-32)38-45(42,43)33-21-22-35-34(24-33)37(41)40(31-17-13-26(2)14-18-31)36(29-12-8-9-27(3)23-29)39(35)25-28-10-6-5-7-11-28/h5-24,36,38H,4,25H2,1-3H3/t36-/m0/s1. The lowest BCUT2D eigenvalue weighted by molar-refractivity contribution is 0.0968. The molecule has 1 amide bonds. The third kappa shape index (κ3) is 6.28. The van der Waals surface area contributed by atoms with Crippen molar-refractivity contribution in [2.75, 3.05) is 21.1 Å². The molecule has 5 aromatic carbocycles. The van der Waals surface area contributed by atoms with Gasteiger partial charge in [-0.1, -0.05) is 77.9 Å². The van der Waals surface area contributed by atoms with E-state index >= 15 is 0 Å². The highest BCUT2D eigenvalue weighted by Crippen LogP contribution is 2.43. The van der Waals surface area contributed by atoms with Crippen LogP contribution in [0.5, 0.6) is 5.75 Å². The largest absolute Gasteiger partial charge is 0.494 e. The first-order valence-corrected chi connectivity index (χ1v) is 16.4. The molecule has 7 nitrogen and oxygen atoms in total. The zero-order valence-electron chi connectivity index (χ0n) is 25.5. The van der Waals surface area contributed by atoms with Gasteiger partial charge in [0.1, 0.15) is 11.9 Å². The van der Waals surface area contributed by atoms with Crippen molar-refractivity contribution in [3.8, 4) is 5.75 Å². The van der Waals surface area contributed by atoms with Gasteiger partial charge in [0.2, 0.25) is 0 Å². The fraction of sp³-hybridized carbons (Fsp3) is 0.162.